The number of hydrogen-bond acceptors (Lipinski definition) is 4. The lowest BCUT2D eigenvalue weighted by Gasteiger charge is -2.38. The van der Waals surface area contributed by atoms with Gasteiger partial charge in [-0.1, -0.05) is 53.9 Å². The van der Waals surface area contributed by atoms with E-state index in [0.717, 1.165) is 11.3 Å². The minimum Gasteiger partial charge on any atom is -0.362 e. The Balaban J connectivity index is 1.71. The maximum Gasteiger partial charge on any atom is 0.251 e. The lowest BCUT2D eigenvalue weighted by atomic mass is 9.81. The van der Waals surface area contributed by atoms with Crippen molar-refractivity contribution in [3.05, 3.63) is 113 Å². The molecule has 1 aliphatic heterocycles. The Hall–Kier alpha value is -4.74. The SMILES string of the molecule is C#CCOCc1nn(-c2ccccc2)c2c1[C@H](c1ccc(F)cc1)[C@H](NC(=O)c1cccc(C)c1)C(=O)N2CC. The Labute approximate surface area is 232 Å². The van der Waals surface area contributed by atoms with E-state index in [-0.39, 0.29) is 25.0 Å². The van der Waals surface area contributed by atoms with Crippen molar-refractivity contribution in [2.45, 2.75) is 32.4 Å². The summed E-state index contributed by atoms with van der Waals surface area (Å²) in [5.41, 5.74) is 4.07. The van der Waals surface area contributed by atoms with Crippen LogP contribution in [-0.2, 0) is 16.1 Å². The zero-order valence-corrected chi connectivity index (χ0v) is 22.3. The molecule has 0 fully saturated rings. The number of para-hydroxylation sites is 1. The predicted molar refractivity (Wildman–Crippen MR) is 151 cm³/mol. The zero-order valence-electron chi connectivity index (χ0n) is 22.3. The smallest absolute Gasteiger partial charge is 0.251 e. The van der Waals surface area contributed by atoms with Crippen LogP contribution in [0.1, 0.15) is 45.6 Å². The molecule has 1 N–H and O–H groups in total. The zero-order chi connectivity index (χ0) is 28.2. The van der Waals surface area contributed by atoms with Gasteiger partial charge < -0.3 is 10.1 Å². The van der Waals surface area contributed by atoms with Crippen molar-refractivity contribution in [2.75, 3.05) is 18.1 Å². The monoisotopic (exact) mass is 536 g/mol. The summed E-state index contributed by atoms with van der Waals surface area (Å²) in [6, 6.07) is 21.6. The third-order valence-electron chi connectivity index (χ3n) is 6.94. The topological polar surface area (TPSA) is 76.5 Å². The fourth-order valence-electron chi connectivity index (χ4n) is 5.18. The first-order valence-electron chi connectivity index (χ1n) is 13.1. The molecular formula is C32H29FN4O3. The normalized spacial score (nSPS) is 16.4. The average molecular weight is 537 g/mol. The summed E-state index contributed by atoms with van der Waals surface area (Å²) >= 11 is 0. The van der Waals surface area contributed by atoms with E-state index in [4.69, 9.17) is 16.3 Å². The molecule has 202 valence electrons. The molecule has 0 aliphatic carbocycles. The third kappa shape index (κ3) is 5.12. The van der Waals surface area contributed by atoms with Crippen LogP contribution in [-0.4, -0.2) is 40.8 Å². The van der Waals surface area contributed by atoms with E-state index in [2.05, 4.69) is 11.2 Å². The number of carbonyl (C=O) groups excluding carboxylic acids is 2. The molecule has 4 aromatic rings. The quantitative estimate of drug-likeness (QED) is 0.260. The number of aryl methyl sites for hydroxylation is 1. The minimum absolute atomic E-state index is 0.0815. The summed E-state index contributed by atoms with van der Waals surface area (Å²) in [6.45, 7) is 4.28. The molecule has 0 unspecified atom stereocenters. The van der Waals surface area contributed by atoms with E-state index in [0.29, 0.717) is 34.7 Å². The number of aromatic nitrogens is 2. The van der Waals surface area contributed by atoms with Crippen molar-refractivity contribution in [1.82, 2.24) is 15.1 Å². The molecule has 2 atom stereocenters. The van der Waals surface area contributed by atoms with Crippen molar-refractivity contribution in [3.63, 3.8) is 0 Å². The molecule has 0 saturated carbocycles. The number of ether oxygens (including phenoxy) is 1. The highest BCUT2D eigenvalue weighted by Gasteiger charge is 2.46. The van der Waals surface area contributed by atoms with Crippen LogP contribution in [0.4, 0.5) is 10.2 Å². The highest BCUT2D eigenvalue weighted by molar-refractivity contribution is 6.05. The van der Waals surface area contributed by atoms with Crippen LogP contribution in [0.5, 0.6) is 0 Å². The fourth-order valence-corrected chi connectivity index (χ4v) is 5.18. The number of likely N-dealkylation sites (N-methyl/N-ethyl adjacent to an activating group) is 1. The van der Waals surface area contributed by atoms with E-state index in [1.807, 2.05) is 50.2 Å². The Bertz CT molecular complexity index is 1570. The lowest BCUT2D eigenvalue weighted by molar-refractivity contribution is -0.121. The van der Waals surface area contributed by atoms with Crippen molar-refractivity contribution >= 4 is 17.6 Å². The molecule has 0 spiro atoms. The van der Waals surface area contributed by atoms with Crippen LogP contribution in [0.2, 0.25) is 0 Å². The molecule has 2 heterocycles. The molecule has 0 saturated heterocycles. The predicted octanol–water partition coefficient (Wildman–Crippen LogP) is 4.77. The van der Waals surface area contributed by atoms with Gasteiger partial charge in [0.2, 0.25) is 0 Å². The van der Waals surface area contributed by atoms with Gasteiger partial charge in [0, 0.05) is 23.6 Å². The van der Waals surface area contributed by atoms with Gasteiger partial charge in [-0.15, -0.1) is 6.42 Å². The fraction of sp³-hybridized carbons (Fsp3) is 0.219. The van der Waals surface area contributed by atoms with Crippen molar-refractivity contribution < 1.29 is 18.7 Å². The Morgan fingerprint density at radius 3 is 2.52 bits per heavy atom. The highest BCUT2D eigenvalue weighted by Crippen LogP contribution is 2.43. The third-order valence-corrected chi connectivity index (χ3v) is 6.94. The number of hydrogen-bond donors (Lipinski definition) is 1. The number of rotatable bonds is 8. The number of anilines is 1. The number of terminal acetylenes is 1. The first-order valence-corrected chi connectivity index (χ1v) is 13.1. The Morgan fingerprint density at radius 2 is 1.85 bits per heavy atom. The summed E-state index contributed by atoms with van der Waals surface area (Å²) < 4.78 is 21.5. The van der Waals surface area contributed by atoms with E-state index in [1.54, 1.807) is 39.9 Å². The summed E-state index contributed by atoms with van der Waals surface area (Å²) in [4.78, 5) is 29.3. The van der Waals surface area contributed by atoms with Gasteiger partial charge >= 0.3 is 0 Å². The van der Waals surface area contributed by atoms with E-state index in [1.165, 1.54) is 12.1 Å². The maximum atomic E-state index is 14.2. The molecule has 8 heteroatoms. The van der Waals surface area contributed by atoms with Gasteiger partial charge in [0.1, 0.15) is 24.3 Å². The second-order valence-corrected chi connectivity index (χ2v) is 9.56. The largest absolute Gasteiger partial charge is 0.362 e. The molecule has 0 radical (unpaired) electrons. The van der Waals surface area contributed by atoms with Crippen LogP contribution >= 0.6 is 0 Å². The lowest BCUT2D eigenvalue weighted by Crippen LogP contribution is -2.55. The van der Waals surface area contributed by atoms with Crippen LogP contribution < -0.4 is 10.2 Å². The Morgan fingerprint density at radius 1 is 1.10 bits per heavy atom. The summed E-state index contributed by atoms with van der Waals surface area (Å²) in [7, 11) is 0. The second-order valence-electron chi connectivity index (χ2n) is 9.56. The average Bonchev–Trinajstić information content (AvgIpc) is 3.33. The van der Waals surface area contributed by atoms with Gasteiger partial charge in [-0.05, 0) is 55.8 Å². The summed E-state index contributed by atoms with van der Waals surface area (Å²) in [5.74, 6) is 1.31. The molecule has 3 aromatic carbocycles. The molecule has 40 heavy (non-hydrogen) atoms. The van der Waals surface area contributed by atoms with Crippen LogP contribution in [0, 0.1) is 25.1 Å². The van der Waals surface area contributed by atoms with E-state index in [9.17, 15) is 14.0 Å². The first-order chi connectivity index (χ1) is 19.4. The van der Waals surface area contributed by atoms with E-state index >= 15 is 0 Å². The number of carbonyl (C=O) groups is 2. The van der Waals surface area contributed by atoms with Gasteiger partial charge in [0.05, 0.1) is 18.0 Å². The Kier molecular flexibility index (Phi) is 7.76. The number of benzene rings is 3. The van der Waals surface area contributed by atoms with Gasteiger partial charge in [-0.25, -0.2) is 9.07 Å². The second kappa shape index (κ2) is 11.6. The van der Waals surface area contributed by atoms with Crippen LogP contribution in [0.15, 0.2) is 78.9 Å². The number of fused-ring (bicyclic) bond motifs is 1. The molecule has 2 amide bonds. The van der Waals surface area contributed by atoms with Crippen molar-refractivity contribution in [3.8, 4) is 18.0 Å². The van der Waals surface area contributed by atoms with Gasteiger partial charge in [0.15, 0.2) is 0 Å². The van der Waals surface area contributed by atoms with Crippen molar-refractivity contribution in [1.29, 1.82) is 0 Å². The number of amides is 2. The summed E-state index contributed by atoms with van der Waals surface area (Å²) in [6.07, 6.45) is 5.43. The molecule has 1 aliphatic rings. The van der Waals surface area contributed by atoms with Crippen LogP contribution in [0.3, 0.4) is 0 Å². The molecule has 0 bridgehead atoms. The standard InChI is InChI=1S/C32H29FN4O3/c1-4-18-40-20-26-28-27(22-14-16-24(33)17-15-22)29(34-30(38)23-11-9-10-21(3)19-23)32(39)36(5-2)31(28)37(35-26)25-12-7-6-8-13-25/h1,6-17,19,27,29H,5,18,20H2,2-3H3,(H,34,38)/t27-,29-/m0/s1. The van der Waals surface area contributed by atoms with Gasteiger partial charge in [-0.3, -0.25) is 14.5 Å². The maximum absolute atomic E-state index is 14.2. The molecule has 5 rings (SSSR count). The van der Waals surface area contributed by atoms with Gasteiger partial charge in [0.25, 0.3) is 11.8 Å². The number of nitrogens with zero attached hydrogens (tertiary/aromatic N) is 3. The first kappa shape index (κ1) is 26.9. The molecule has 1 aromatic heterocycles. The minimum atomic E-state index is -0.981. The van der Waals surface area contributed by atoms with Gasteiger partial charge in [-0.2, -0.15) is 5.10 Å². The molecule has 7 nitrogen and oxygen atoms in total. The molecular weight excluding hydrogens is 507 g/mol. The summed E-state index contributed by atoms with van der Waals surface area (Å²) in [5, 5.41) is 7.88. The number of halogens is 1. The highest BCUT2D eigenvalue weighted by atomic mass is 19.1. The van der Waals surface area contributed by atoms with E-state index < -0.39 is 17.8 Å². The number of nitrogens with one attached hydrogen (secondary N) is 1. The van der Waals surface area contributed by atoms with Crippen molar-refractivity contribution in [2.24, 2.45) is 0 Å². The van der Waals surface area contributed by atoms with Crippen LogP contribution in [0.25, 0.3) is 5.69 Å².